The van der Waals surface area contributed by atoms with Gasteiger partial charge in [0, 0.05) is 33.6 Å². The number of carbonyl (C=O) groups is 3. The number of methoxy groups -OCH3 is 1. The van der Waals surface area contributed by atoms with Crippen LogP contribution >= 0.6 is 0 Å². The fraction of sp³-hybridized carbons (Fsp3) is 0.609. The summed E-state index contributed by atoms with van der Waals surface area (Å²) < 4.78 is 40.7. The van der Waals surface area contributed by atoms with E-state index in [-0.39, 0.29) is 6.42 Å². The van der Waals surface area contributed by atoms with Gasteiger partial charge in [0.1, 0.15) is 24.1 Å². The van der Waals surface area contributed by atoms with Gasteiger partial charge in [-0.2, -0.15) is 0 Å². The Morgan fingerprint density at radius 3 is 2.24 bits per heavy atom. The average molecular weight is 464 g/mol. The minimum atomic E-state index is -1.51. The lowest BCUT2D eigenvalue weighted by Gasteiger charge is -2.58. The summed E-state index contributed by atoms with van der Waals surface area (Å²) in [6.07, 6.45) is -4.16. The molecule has 10 nitrogen and oxygen atoms in total. The normalized spacial score (nSPS) is 35.0. The van der Waals surface area contributed by atoms with Crippen LogP contribution in [-0.2, 0) is 42.8 Å². The summed E-state index contributed by atoms with van der Waals surface area (Å²) in [4.78, 5) is 35.7. The molecule has 0 aromatic heterocycles. The number of ether oxygens (including phenoxy) is 7. The van der Waals surface area contributed by atoms with Crippen LogP contribution in [0.5, 0.6) is 5.75 Å². The Morgan fingerprint density at radius 2 is 1.64 bits per heavy atom. The third-order valence-corrected chi connectivity index (χ3v) is 6.03. The highest BCUT2D eigenvalue weighted by atomic mass is 16.8. The fourth-order valence-corrected chi connectivity index (χ4v) is 4.80. The van der Waals surface area contributed by atoms with E-state index in [1.165, 1.54) is 20.8 Å². The number of rotatable bonds is 5. The van der Waals surface area contributed by atoms with Gasteiger partial charge in [-0.3, -0.25) is 14.4 Å². The van der Waals surface area contributed by atoms with Crippen LogP contribution in [0.1, 0.15) is 45.3 Å². The number of esters is 3. The Morgan fingerprint density at radius 1 is 0.970 bits per heavy atom. The van der Waals surface area contributed by atoms with E-state index in [9.17, 15) is 14.4 Å². The molecule has 2 bridgehead atoms. The maximum Gasteiger partial charge on any atom is 0.303 e. The van der Waals surface area contributed by atoms with E-state index < -0.39 is 60.3 Å². The van der Waals surface area contributed by atoms with Crippen molar-refractivity contribution in [1.82, 2.24) is 0 Å². The zero-order valence-electron chi connectivity index (χ0n) is 19.0. The average Bonchev–Trinajstić information content (AvgIpc) is 2.76. The van der Waals surface area contributed by atoms with E-state index in [1.54, 1.807) is 7.11 Å². The quantitative estimate of drug-likeness (QED) is 0.472. The van der Waals surface area contributed by atoms with E-state index in [0.29, 0.717) is 18.8 Å². The van der Waals surface area contributed by atoms with Crippen molar-refractivity contribution in [2.75, 3.05) is 13.7 Å². The number of hydrogen-bond acceptors (Lipinski definition) is 10. The zero-order chi connectivity index (χ0) is 23.8. The molecule has 1 aliphatic carbocycles. The van der Waals surface area contributed by atoms with Gasteiger partial charge in [-0.25, -0.2) is 0 Å². The Hall–Kier alpha value is -2.69. The van der Waals surface area contributed by atoms with Crippen molar-refractivity contribution < 1.29 is 47.5 Å². The molecule has 7 atom stereocenters. The lowest BCUT2D eigenvalue weighted by atomic mass is 9.80. The van der Waals surface area contributed by atoms with Gasteiger partial charge in [0.05, 0.1) is 19.8 Å². The molecule has 0 unspecified atom stereocenters. The second-order valence-electron chi connectivity index (χ2n) is 8.32. The molecule has 33 heavy (non-hydrogen) atoms. The third kappa shape index (κ3) is 4.55. The Kier molecular flexibility index (Phi) is 6.60. The molecule has 10 heteroatoms. The first-order valence-electron chi connectivity index (χ1n) is 10.9. The fourth-order valence-electron chi connectivity index (χ4n) is 4.80. The van der Waals surface area contributed by atoms with Crippen molar-refractivity contribution in [3.63, 3.8) is 0 Å². The molecule has 0 N–H and O–H groups in total. The van der Waals surface area contributed by atoms with Crippen LogP contribution in [-0.4, -0.2) is 67.9 Å². The molecule has 3 fully saturated rings. The topological polar surface area (TPSA) is 116 Å². The lowest BCUT2D eigenvalue weighted by Crippen LogP contribution is -2.74. The monoisotopic (exact) mass is 464 g/mol. The second-order valence-corrected chi connectivity index (χ2v) is 8.32. The molecule has 1 saturated carbocycles. The smallest absolute Gasteiger partial charge is 0.303 e. The largest absolute Gasteiger partial charge is 0.497 e. The highest BCUT2D eigenvalue weighted by molar-refractivity contribution is 5.68. The molecule has 3 aliphatic rings. The van der Waals surface area contributed by atoms with Crippen molar-refractivity contribution in [1.29, 1.82) is 0 Å². The summed E-state index contributed by atoms with van der Waals surface area (Å²) in [6, 6.07) is 7.46. The van der Waals surface area contributed by atoms with Crippen LogP contribution in [0.15, 0.2) is 24.3 Å². The molecule has 4 rings (SSSR count). The summed E-state index contributed by atoms with van der Waals surface area (Å²) in [7, 11) is 1.59. The molecule has 1 aromatic carbocycles. The SMILES string of the molecule is COc1ccc([C@@H]2O[C@H]3C[C@@H](OC(C)=O)[C@H](OC(C)=O)[C@H](OC(C)=O)[C@]34OCC[C@H]2O4)cc1. The highest BCUT2D eigenvalue weighted by Gasteiger charge is 2.67. The Balaban J connectivity index is 1.71. The van der Waals surface area contributed by atoms with Crippen molar-refractivity contribution in [3.05, 3.63) is 29.8 Å². The molecule has 0 amide bonds. The molecular weight excluding hydrogens is 436 g/mol. The highest BCUT2D eigenvalue weighted by Crippen LogP contribution is 2.50. The van der Waals surface area contributed by atoms with Crippen molar-refractivity contribution >= 4 is 17.9 Å². The van der Waals surface area contributed by atoms with E-state index in [4.69, 9.17) is 33.2 Å². The lowest BCUT2D eigenvalue weighted by molar-refractivity contribution is -0.438. The van der Waals surface area contributed by atoms with Gasteiger partial charge < -0.3 is 33.2 Å². The molecule has 2 saturated heterocycles. The van der Waals surface area contributed by atoms with Gasteiger partial charge >= 0.3 is 17.9 Å². The maximum atomic E-state index is 12.0. The van der Waals surface area contributed by atoms with Crippen LogP contribution in [0.25, 0.3) is 0 Å². The first-order chi connectivity index (χ1) is 15.7. The first-order valence-corrected chi connectivity index (χ1v) is 10.9. The van der Waals surface area contributed by atoms with Gasteiger partial charge in [-0.15, -0.1) is 0 Å². The molecule has 1 aromatic rings. The van der Waals surface area contributed by atoms with Gasteiger partial charge in [-0.05, 0) is 17.7 Å². The minimum Gasteiger partial charge on any atom is -0.497 e. The predicted octanol–water partition coefficient (Wildman–Crippen LogP) is 1.84. The standard InChI is InChI=1S/C23H28O10/c1-12(24)29-18-11-19-23(22(31-14(3)26)21(18)30-13(2)25)28-10-9-17(33-23)20(32-19)15-5-7-16(27-4)8-6-15/h5-8,17-22H,9-11H2,1-4H3/t17-,18-,19+,20+,21+,22+,23+/m1/s1. The number of benzene rings is 1. The Labute approximate surface area is 191 Å². The summed E-state index contributed by atoms with van der Waals surface area (Å²) in [6.45, 7) is 4.03. The van der Waals surface area contributed by atoms with Crippen LogP contribution in [0.4, 0.5) is 0 Å². The van der Waals surface area contributed by atoms with Gasteiger partial charge in [0.2, 0.25) is 5.79 Å². The van der Waals surface area contributed by atoms with E-state index in [0.717, 1.165) is 5.56 Å². The third-order valence-electron chi connectivity index (χ3n) is 6.03. The molecule has 0 radical (unpaired) electrons. The van der Waals surface area contributed by atoms with Crippen molar-refractivity contribution in [2.45, 2.75) is 76.0 Å². The van der Waals surface area contributed by atoms with Gasteiger partial charge in [-0.1, -0.05) is 12.1 Å². The van der Waals surface area contributed by atoms with Crippen molar-refractivity contribution in [3.8, 4) is 5.75 Å². The van der Waals surface area contributed by atoms with E-state index in [2.05, 4.69) is 0 Å². The van der Waals surface area contributed by atoms with Crippen LogP contribution < -0.4 is 4.74 Å². The van der Waals surface area contributed by atoms with E-state index in [1.807, 2.05) is 24.3 Å². The van der Waals surface area contributed by atoms with Gasteiger partial charge in [0.15, 0.2) is 12.2 Å². The van der Waals surface area contributed by atoms with Gasteiger partial charge in [0.25, 0.3) is 0 Å². The van der Waals surface area contributed by atoms with Crippen LogP contribution in [0, 0.1) is 0 Å². The zero-order valence-corrected chi connectivity index (χ0v) is 19.0. The maximum absolute atomic E-state index is 12.0. The number of carbonyl (C=O) groups excluding carboxylic acids is 3. The minimum absolute atomic E-state index is 0.120. The molecule has 2 heterocycles. The summed E-state index contributed by atoms with van der Waals surface area (Å²) >= 11 is 0. The Bertz CT molecular complexity index is 899. The summed E-state index contributed by atoms with van der Waals surface area (Å²) in [5, 5.41) is 0. The molecular formula is C23H28O10. The number of fused-ring (bicyclic) bond motifs is 1. The number of hydrogen-bond donors (Lipinski definition) is 0. The molecule has 1 spiro atoms. The van der Waals surface area contributed by atoms with Crippen LogP contribution in [0.2, 0.25) is 0 Å². The van der Waals surface area contributed by atoms with E-state index >= 15 is 0 Å². The van der Waals surface area contributed by atoms with Crippen molar-refractivity contribution in [2.24, 2.45) is 0 Å². The molecule has 180 valence electrons. The summed E-state index contributed by atoms with van der Waals surface area (Å²) in [5.74, 6) is -2.61. The van der Waals surface area contributed by atoms with Crippen LogP contribution in [0.3, 0.4) is 0 Å². The first kappa shape index (κ1) is 23.5. The second kappa shape index (κ2) is 9.28. The predicted molar refractivity (Wildman–Crippen MR) is 110 cm³/mol. The summed E-state index contributed by atoms with van der Waals surface area (Å²) in [5.41, 5.74) is 0.881. The molecule has 2 aliphatic heterocycles.